The molecule has 6 nitrogen and oxygen atoms in total. The lowest BCUT2D eigenvalue weighted by molar-refractivity contribution is -0.143. The van der Waals surface area contributed by atoms with Gasteiger partial charge >= 0.3 is 5.97 Å². The van der Waals surface area contributed by atoms with E-state index in [0.717, 1.165) is 0 Å². The average molecular weight is 218 g/mol. The highest BCUT2D eigenvalue weighted by Crippen LogP contribution is 1.88. The average Bonchev–Trinajstić information content (AvgIpc) is 2.20. The number of hydrogen-bond donors (Lipinski definition) is 2. The predicted molar refractivity (Wildman–Crippen MR) is 54.1 cm³/mol. The van der Waals surface area contributed by atoms with Gasteiger partial charge in [-0.3, -0.25) is 9.59 Å². The van der Waals surface area contributed by atoms with Crippen molar-refractivity contribution in [1.29, 1.82) is 0 Å². The lowest BCUT2D eigenvalue weighted by atomic mass is 10.3. The van der Waals surface area contributed by atoms with Crippen LogP contribution in [0.15, 0.2) is 0 Å². The predicted octanol–water partition coefficient (Wildman–Crippen LogP) is -0.970. The van der Waals surface area contributed by atoms with Gasteiger partial charge in [0.15, 0.2) is 0 Å². The van der Waals surface area contributed by atoms with Crippen molar-refractivity contribution in [2.45, 2.75) is 19.4 Å². The molecule has 0 saturated carbocycles. The smallest absolute Gasteiger partial charge is 0.307 e. The summed E-state index contributed by atoms with van der Waals surface area (Å²) in [7, 11) is 1.41. The number of ether oxygens (including phenoxy) is 2. The van der Waals surface area contributed by atoms with Crippen LogP contribution in [0.25, 0.3) is 0 Å². The molecule has 3 N–H and O–H groups in total. The quantitative estimate of drug-likeness (QED) is 0.536. The van der Waals surface area contributed by atoms with Gasteiger partial charge in [0.2, 0.25) is 5.91 Å². The fraction of sp³-hybridized carbons (Fsp3) is 0.778. The Kier molecular flexibility index (Phi) is 7.57. The van der Waals surface area contributed by atoms with Crippen molar-refractivity contribution in [3.8, 4) is 0 Å². The van der Waals surface area contributed by atoms with E-state index in [9.17, 15) is 9.59 Å². The number of rotatable bonds is 7. The van der Waals surface area contributed by atoms with Gasteiger partial charge in [0.05, 0.1) is 13.0 Å². The molecule has 0 radical (unpaired) electrons. The van der Waals surface area contributed by atoms with E-state index >= 15 is 0 Å². The minimum absolute atomic E-state index is 0.113. The van der Waals surface area contributed by atoms with Crippen LogP contribution in [0.5, 0.6) is 0 Å². The molecule has 1 unspecified atom stereocenters. The maximum Gasteiger partial charge on any atom is 0.307 e. The first kappa shape index (κ1) is 13.9. The largest absolute Gasteiger partial charge is 0.466 e. The lowest BCUT2D eigenvalue weighted by Gasteiger charge is -2.12. The topological polar surface area (TPSA) is 90.7 Å². The number of esters is 1. The minimum Gasteiger partial charge on any atom is -0.466 e. The molecule has 0 bridgehead atoms. The van der Waals surface area contributed by atoms with E-state index < -0.39 is 6.10 Å². The van der Waals surface area contributed by atoms with Gasteiger partial charge in [-0.2, -0.15) is 0 Å². The van der Waals surface area contributed by atoms with Gasteiger partial charge in [-0.25, -0.2) is 0 Å². The molecule has 0 aliphatic rings. The molecular weight excluding hydrogens is 200 g/mol. The van der Waals surface area contributed by atoms with Crippen molar-refractivity contribution in [2.75, 3.05) is 26.8 Å². The molecule has 0 aliphatic heterocycles. The number of carbonyl (C=O) groups excluding carboxylic acids is 2. The standard InChI is InChI=1S/C9H18N2O4/c1-3-15-8(12)4-5-11-9(13)7(6-10)14-2/h7H,3-6,10H2,1-2H3,(H,11,13). The molecule has 0 fully saturated rings. The molecule has 0 spiro atoms. The summed E-state index contributed by atoms with van der Waals surface area (Å²) in [6, 6.07) is 0. The van der Waals surface area contributed by atoms with Crippen LogP contribution in [0.4, 0.5) is 0 Å². The second-order valence-corrected chi connectivity index (χ2v) is 2.81. The summed E-state index contributed by atoms with van der Waals surface area (Å²) >= 11 is 0. The zero-order valence-electron chi connectivity index (χ0n) is 9.12. The van der Waals surface area contributed by atoms with Crippen LogP contribution in [-0.4, -0.2) is 44.8 Å². The van der Waals surface area contributed by atoms with E-state index in [2.05, 4.69) is 5.32 Å². The highest BCUT2D eigenvalue weighted by molar-refractivity contribution is 5.81. The van der Waals surface area contributed by atoms with Gasteiger partial charge in [0, 0.05) is 20.2 Å². The number of hydrogen-bond acceptors (Lipinski definition) is 5. The molecular formula is C9H18N2O4. The number of amides is 1. The minimum atomic E-state index is -0.660. The van der Waals surface area contributed by atoms with Gasteiger partial charge in [-0.1, -0.05) is 0 Å². The van der Waals surface area contributed by atoms with Crippen molar-refractivity contribution in [1.82, 2.24) is 5.32 Å². The van der Waals surface area contributed by atoms with Crippen molar-refractivity contribution in [2.24, 2.45) is 5.73 Å². The van der Waals surface area contributed by atoms with Gasteiger partial charge < -0.3 is 20.5 Å². The molecule has 0 aromatic heterocycles. The molecule has 15 heavy (non-hydrogen) atoms. The molecule has 0 rings (SSSR count). The summed E-state index contributed by atoms with van der Waals surface area (Å²) in [5.41, 5.74) is 5.29. The van der Waals surface area contributed by atoms with Crippen LogP contribution >= 0.6 is 0 Å². The Morgan fingerprint density at radius 3 is 2.60 bits per heavy atom. The fourth-order valence-corrected chi connectivity index (χ4v) is 0.945. The lowest BCUT2D eigenvalue weighted by Crippen LogP contribution is -2.41. The first-order valence-corrected chi connectivity index (χ1v) is 4.81. The van der Waals surface area contributed by atoms with Gasteiger partial charge in [0.25, 0.3) is 0 Å². The SMILES string of the molecule is CCOC(=O)CCNC(=O)C(CN)OC. The maximum atomic E-state index is 11.3. The van der Waals surface area contributed by atoms with Gasteiger partial charge in [-0.15, -0.1) is 0 Å². The number of carbonyl (C=O) groups is 2. The molecule has 0 aromatic carbocycles. The molecule has 1 amide bonds. The first-order valence-electron chi connectivity index (χ1n) is 4.81. The van der Waals surface area contributed by atoms with Crippen LogP contribution in [0.1, 0.15) is 13.3 Å². The van der Waals surface area contributed by atoms with Crippen LogP contribution < -0.4 is 11.1 Å². The molecule has 0 saturated heterocycles. The second-order valence-electron chi connectivity index (χ2n) is 2.81. The Hall–Kier alpha value is -1.14. The van der Waals surface area contributed by atoms with E-state index in [1.807, 2.05) is 0 Å². The second kappa shape index (κ2) is 8.19. The van der Waals surface area contributed by atoms with E-state index in [4.69, 9.17) is 15.2 Å². The third kappa shape index (κ3) is 6.03. The summed E-state index contributed by atoms with van der Waals surface area (Å²) in [5.74, 6) is -0.649. The molecule has 88 valence electrons. The molecule has 0 heterocycles. The normalized spacial score (nSPS) is 11.9. The Labute approximate surface area is 89.1 Å². The molecule has 0 aromatic rings. The van der Waals surface area contributed by atoms with Crippen molar-refractivity contribution < 1.29 is 19.1 Å². The first-order chi connectivity index (χ1) is 7.15. The Morgan fingerprint density at radius 2 is 2.13 bits per heavy atom. The number of nitrogens with one attached hydrogen (secondary N) is 1. The van der Waals surface area contributed by atoms with Crippen LogP contribution in [0, 0.1) is 0 Å². The number of nitrogens with two attached hydrogens (primary N) is 1. The zero-order chi connectivity index (χ0) is 11.7. The number of methoxy groups -OCH3 is 1. The maximum absolute atomic E-state index is 11.3. The van der Waals surface area contributed by atoms with E-state index in [-0.39, 0.29) is 31.4 Å². The zero-order valence-corrected chi connectivity index (χ0v) is 9.12. The molecule has 0 aliphatic carbocycles. The van der Waals surface area contributed by atoms with Crippen molar-refractivity contribution >= 4 is 11.9 Å². The summed E-state index contributed by atoms with van der Waals surface area (Å²) in [4.78, 5) is 22.2. The summed E-state index contributed by atoms with van der Waals surface area (Å²) < 4.78 is 9.50. The van der Waals surface area contributed by atoms with Crippen LogP contribution in [0.3, 0.4) is 0 Å². The van der Waals surface area contributed by atoms with E-state index in [1.165, 1.54) is 7.11 Å². The Bertz CT molecular complexity index is 204. The van der Waals surface area contributed by atoms with E-state index in [1.54, 1.807) is 6.92 Å². The third-order valence-electron chi connectivity index (χ3n) is 1.72. The Morgan fingerprint density at radius 1 is 1.47 bits per heavy atom. The summed E-state index contributed by atoms with van der Waals surface area (Å²) in [6.07, 6.45) is -0.507. The van der Waals surface area contributed by atoms with Crippen LogP contribution in [0.2, 0.25) is 0 Å². The highest BCUT2D eigenvalue weighted by atomic mass is 16.5. The molecule has 1 atom stereocenters. The van der Waals surface area contributed by atoms with Crippen LogP contribution in [-0.2, 0) is 19.1 Å². The molecule has 6 heteroatoms. The summed E-state index contributed by atoms with van der Waals surface area (Å²) in [5, 5.41) is 2.53. The van der Waals surface area contributed by atoms with E-state index in [0.29, 0.717) is 6.61 Å². The van der Waals surface area contributed by atoms with Gasteiger partial charge in [0.1, 0.15) is 6.10 Å². The van der Waals surface area contributed by atoms with Crippen molar-refractivity contribution in [3.63, 3.8) is 0 Å². The fourth-order valence-electron chi connectivity index (χ4n) is 0.945. The van der Waals surface area contributed by atoms with Crippen molar-refractivity contribution in [3.05, 3.63) is 0 Å². The monoisotopic (exact) mass is 218 g/mol. The summed E-state index contributed by atoms with van der Waals surface area (Å²) in [6.45, 7) is 2.42. The Balaban J connectivity index is 3.67. The van der Waals surface area contributed by atoms with Gasteiger partial charge in [-0.05, 0) is 6.92 Å². The third-order valence-corrected chi connectivity index (χ3v) is 1.72. The highest BCUT2D eigenvalue weighted by Gasteiger charge is 2.15.